The van der Waals surface area contributed by atoms with Crippen LogP contribution in [-0.2, 0) is 6.42 Å². The molecule has 0 aromatic heterocycles. The molecule has 1 fully saturated rings. The molecule has 1 atom stereocenters. The summed E-state index contributed by atoms with van der Waals surface area (Å²) < 4.78 is 14.7. The van der Waals surface area contributed by atoms with Gasteiger partial charge in [-0.25, -0.2) is 4.39 Å². The summed E-state index contributed by atoms with van der Waals surface area (Å²) in [5.74, 6) is -0.111. The molecule has 2 aliphatic rings. The van der Waals surface area contributed by atoms with Crippen molar-refractivity contribution in [3.05, 3.63) is 33.5 Å². The van der Waals surface area contributed by atoms with Crippen LogP contribution >= 0.6 is 15.9 Å². The highest BCUT2D eigenvalue weighted by Crippen LogP contribution is 2.39. The number of hydrogen-bond acceptors (Lipinski definition) is 2. The summed E-state index contributed by atoms with van der Waals surface area (Å²) in [4.78, 5) is 0. The standard InChI is InChI=1S/C14H17BrFNO/c15-10-3-4-11(16)9-2-5-12(13(9)10)17-8-14(18)6-1-7-14/h3-4,12,17-18H,1-2,5-8H2. The predicted molar refractivity (Wildman–Crippen MR) is 72.0 cm³/mol. The molecule has 0 amide bonds. The topological polar surface area (TPSA) is 32.3 Å². The van der Waals surface area contributed by atoms with Crippen LogP contribution in [0, 0.1) is 5.82 Å². The molecule has 1 aromatic carbocycles. The lowest BCUT2D eigenvalue weighted by Gasteiger charge is -2.37. The molecule has 2 N–H and O–H groups in total. The van der Waals surface area contributed by atoms with Gasteiger partial charge in [-0.3, -0.25) is 0 Å². The summed E-state index contributed by atoms with van der Waals surface area (Å²) in [6, 6.07) is 3.45. The van der Waals surface area contributed by atoms with Gasteiger partial charge in [-0.2, -0.15) is 0 Å². The number of aliphatic hydroxyl groups is 1. The Morgan fingerprint density at radius 1 is 1.44 bits per heavy atom. The maximum absolute atomic E-state index is 13.7. The third-order valence-corrected chi connectivity index (χ3v) is 4.93. The summed E-state index contributed by atoms with van der Waals surface area (Å²) in [7, 11) is 0. The summed E-state index contributed by atoms with van der Waals surface area (Å²) in [6.07, 6.45) is 4.55. The van der Waals surface area contributed by atoms with Gasteiger partial charge in [0.15, 0.2) is 0 Å². The number of fused-ring (bicyclic) bond motifs is 1. The quantitative estimate of drug-likeness (QED) is 0.899. The third kappa shape index (κ3) is 2.10. The van der Waals surface area contributed by atoms with Crippen LogP contribution in [0.3, 0.4) is 0 Å². The lowest BCUT2D eigenvalue weighted by Crippen LogP contribution is -2.46. The Morgan fingerprint density at radius 3 is 2.89 bits per heavy atom. The molecule has 1 unspecified atom stereocenters. The van der Waals surface area contributed by atoms with Crippen LogP contribution in [0.15, 0.2) is 16.6 Å². The lowest BCUT2D eigenvalue weighted by molar-refractivity contribution is -0.0332. The summed E-state index contributed by atoms with van der Waals surface area (Å²) in [5.41, 5.74) is 1.34. The first kappa shape index (κ1) is 12.6. The van der Waals surface area contributed by atoms with Crippen molar-refractivity contribution in [2.45, 2.75) is 43.7 Å². The number of rotatable bonds is 3. The molecule has 1 aromatic rings. The molecule has 4 heteroatoms. The number of halogens is 2. The van der Waals surface area contributed by atoms with E-state index in [0.29, 0.717) is 6.54 Å². The minimum Gasteiger partial charge on any atom is -0.389 e. The van der Waals surface area contributed by atoms with Gasteiger partial charge in [0, 0.05) is 17.1 Å². The maximum atomic E-state index is 13.7. The van der Waals surface area contributed by atoms with E-state index in [1.165, 1.54) is 6.07 Å². The van der Waals surface area contributed by atoms with Crippen molar-refractivity contribution in [3.63, 3.8) is 0 Å². The number of benzene rings is 1. The fourth-order valence-electron chi connectivity index (χ4n) is 2.95. The van der Waals surface area contributed by atoms with Crippen molar-refractivity contribution in [2.75, 3.05) is 6.54 Å². The number of hydrogen-bond donors (Lipinski definition) is 2. The molecule has 2 nitrogen and oxygen atoms in total. The van der Waals surface area contributed by atoms with Crippen LogP contribution in [0.5, 0.6) is 0 Å². The Kier molecular flexibility index (Phi) is 3.20. The van der Waals surface area contributed by atoms with Crippen LogP contribution in [0.1, 0.15) is 42.9 Å². The Morgan fingerprint density at radius 2 is 2.22 bits per heavy atom. The molecule has 0 bridgehead atoms. The first-order valence-electron chi connectivity index (χ1n) is 6.52. The van der Waals surface area contributed by atoms with Crippen LogP contribution in [0.2, 0.25) is 0 Å². The van der Waals surface area contributed by atoms with E-state index in [4.69, 9.17) is 0 Å². The molecule has 3 rings (SSSR count). The minimum atomic E-state index is -0.525. The Balaban J connectivity index is 1.76. The van der Waals surface area contributed by atoms with Gasteiger partial charge < -0.3 is 10.4 Å². The molecule has 1 saturated carbocycles. The van der Waals surface area contributed by atoms with E-state index in [1.54, 1.807) is 6.07 Å². The predicted octanol–water partition coefficient (Wildman–Crippen LogP) is 3.08. The molecule has 18 heavy (non-hydrogen) atoms. The van der Waals surface area contributed by atoms with E-state index in [-0.39, 0.29) is 11.9 Å². The van der Waals surface area contributed by atoms with Gasteiger partial charge in [0.2, 0.25) is 0 Å². The first-order valence-corrected chi connectivity index (χ1v) is 7.31. The van der Waals surface area contributed by atoms with E-state index in [0.717, 1.165) is 47.7 Å². The number of nitrogens with one attached hydrogen (secondary N) is 1. The van der Waals surface area contributed by atoms with E-state index >= 15 is 0 Å². The smallest absolute Gasteiger partial charge is 0.126 e. The second-order valence-electron chi connectivity index (χ2n) is 5.47. The zero-order valence-corrected chi connectivity index (χ0v) is 11.8. The lowest BCUT2D eigenvalue weighted by atomic mass is 9.80. The van der Waals surface area contributed by atoms with Crippen molar-refractivity contribution < 1.29 is 9.50 Å². The Bertz CT molecular complexity index is 473. The van der Waals surface area contributed by atoms with Crippen LogP contribution in [0.4, 0.5) is 4.39 Å². The van der Waals surface area contributed by atoms with Gasteiger partial charge in [-0.1, -0.05) is 15.9 Å². The van der Waals surface area contributed by atoms with E-state index in [9.17, 15) is 9.50 Å². The van der Waals surface area contributed by atoms with Gasteiger partial charge in [0.1, 0.15) is 5.82 Å². The minimum absolute atomic E-state index is 0.111. The van der Waals surface area contributed by atoms with Gasteiger partial charge in [0.05, 0.1) is 5.60 Å². The average Bonchev–Trinajstić information content (AvgIpc) is 2.74. The van der Waals surface area contributed by atoms with Gasteiger partial charge in [0.25, 0.3) is 0 Å². The van der Waals surface area contributed by atoms with Crippen molar-refractivity contribution in [3.8, 4) is 0 Å². The molecule has 2 aliphatic carbocycles. The van der Waals surface area contributed by atoms with Gasteiger partial charge in [-0.15, -0.1) is 0 Å². The van der Waals surface area contributed by atoms with E-state index in [2.05, 4.69) is 21.2 Å². The second kappa shape index (κ2) is 4.58. The molecular formula is C14H17BrFNO. The Hall–Kier alpha value is -0.450. The third-order valence-electron chi connectivity index (χ3n) is 4.24. The highest BCUT2D eigenvalue weighted by atomic mass is 79.9. The fourth-order valence-corrected chi connectivity index (χ4v) is 3.60. The fraction of sp³-hybridized carbons (Fsp3) is 0.571. The summed E-state index contributed by atoms with van der Waals surface area (Å²) in [5, 5.41) is 13.5. The molecule has 0 radical (unpaired) electrons. The van der Waals surface area contributed by atoms with Gasteiger partial charge >= 0.3 is 0 Å². The van der Waals surface area contributed by atoms with Crippen molar-refractivity contribution in [1.82, 2.24) is 5.32 Å². The first-order chi connectivity index (χ1) is 8.59. The van der Waals surface area contributed by atoms with Crippen LogP contribution < -0.4 is 5.32 Å². The maximum Gasteiger partial charge on any atom is 0.126 e. The molecular weight excluding hydrogens is 297 g/mol. The van der Waals surface area contributed by atoms with E-state index in [1.807, 2.05) is 0 Å². The summed E-state index contributed by atoms with van der Waals surface area (Å²) >= 11 is 3.50. The molecule has 98 valence electrons. The van der Waals surface area contributed by atoms with Gasteiger partial charge in [-0.05, 0) is 55.4 Å². The Labute approximate surface area is 115 Å². The SMILES string of the molecule is OC1(CNC2CCc3c(F)ccc(Br)c32)CCC1. The highest BCUT2D eigenvalue weighted by Gasteiger charge is 2.36. The van der Waals surface area contributed by atoms with Crippen LogP contribution in [0.25, 0.3) is 0 Å². The zero-order valence-electron chi connectivity index (χ0n) is 10.2. The molecule has 0 saturated heterocycles. The molecule has 0 spiro atoms. The van der Waals surface area contributed by atoms with E-state index < -0.39 is 5.60 Å². The molecule has 0 heterocycles. The van der Waals surface area contributed by atoms with Crippen molar-refractivity contribution in [2.24, 2.45) is 0 Å². The van der Waals surface area contributed by atoms with Crippen LogP contribution in [-0.4, -0.2) is 17.3 Å². The normalized spacial score (nSPS) is 24.7. The highest BCUT2D eigenvalue weighted by molar-refractivity contribution is 9.10. The van der Waals surface area contributed by atoms with Crippen molar-refractivity contribution in [1.29, 1.82) is 0 Å². The largest absolute Gasteiger partial charge is 0.389 e. The van der Waals surface area contributed by atoms with Crippen molar-refractivity contribution >= 4 is 15.9 Å². The average molecular weight is 314 g/mol. The second-order valence-corrected chi connectivity index (χ2v) is 6.33. The zero-order chi connectivity index (χ0) is 12.8. The summed E-state index contributed by atoms with van der Waals surface area (Å²) in [6.45, 7) is 0.611. The monoisotopic (exact) mass is 313 g/mol. The molecule has 0 aliphatic heterocycles.